The van der Waals surface area contributed by atoms with Crippen molar-refractivity contribution in [3.8, 4) is 0 Å². The second kappa shape index (κ2) is 7.26. The van der Waals surface area contributed by atoms with Crippen LogP contribution in [0.2, 0.25) is 0 Å². The molecular formula is C16H17BrN2O3. The van der Waals surface area contributed by atoms with E-state index in [1.165, 1.54) is 0 Å². The average molecular weight is 365 g/mol. The van der Waals surface area contributed by atoms with Crippen LogP contribution in [0.4, 0.5) is 0 Å². The largest absolute Gasteiger partial charge is 0.481 e. The van der Waals surface area contributed by atoms with E-state index in [4.69, 9.17) is 0 Å². The highest BCUT2D eigenvalue weighted by Gasteiger charge is 2.20. The summed E-state index contributed by atoms with van der Waals surface area (Å²) >= 11 is 3.30. The number of hydrogen-bond acceptors (Lipinski definition) is 2. The topological polar surface area (TPSA) is 71.3 Å². The summed E-state index contributed by atoms with van der Waals surface area (Å²) in [6.07, 6.45) is 2.15. The predicted molar refractivity (Wildman–Crippen MR) is 86.7 cm³/mol. The summed E-state index contributed by atoms with van der Waals surface area (Å²) < 4.78 is 2.49. The van der Waals surface area contributed by atoms with Gasteiger partial charge < -0.3 is 15.0 Å². The van der Waals surface area contributed by atoms with Gasteiger partial charge >= 0.3 is 5.97 Å². The van der Waals surface area contributed by atoms with Gasteiger partial charge in [-0.05, 0) is 34.0 Å². The van der Waals surface area contributed by atoms with Gasteiger partial charge in [0, 0.05) is 24.3 Å². The number of benzene rings is 1. The van der Waals surface area contributed by atoms with Crippen LogP contribution in [0.25, 0.3) is 0 Å². The Morgan fingerprint density at radius 3 is 2.55 bits per heavy atom. The van der Waals surface area contributed by atoms with Crippen molar-refractivity contribution in [3.05, 3.63) is 58.3 Å². The highest BCUT2D eigenvalue weighted by atomic mass is 79.9. The van der Waals surface area contributed by atoms with Crippen LogP contribution < -0.4 is 5.32 Å². The minimum atomic E-state index is -0.919. The number of hydrogen-bond donors (Lipinski definition) is 2. The Morgan fingerprint density at radius 2 is 2.00 bits per heavy atom. The number of nitrogens with one attached hydrogen (secondary N) is 1. The Morgan fingerprint density at radius 1 is 1.32 bits per heavy atom. The molecule has 0 aliphatic heterocycles. The van der Waals surface area contributed by atoms with Crippen LogP contribution in [0.15, 0.2) is 47.1 Å². The minimum Gasteiger partial charge on any atom is -0.481 e. The molecule has 0 fully saturated rings. The standard InChI is InChI=1S/C16H17BrN2O3/c1-19-10-13(17)8-14(19)15(20)18-9-12(16(21)22)7-11-5-3-2-4-6-11/h2-6,8,10,12H,7,9H2,1H3,(H,18,20)(H,21,22). The van der Waals surface area contributed by atoms with Crippen LogP contribution in [0.3, 0.4) is 0 Å². The summed E-state index contributed by atoms with van der Waals surface area (Å²) in [6.45, 7) is 0.0891. The summed E-state index contributed by atoms with van der Waals surface area (Å²) in [4.78, 5) is 23.5. The molecule has 2 aromatic rings. The lowest BCUT2D eigenvalue weighted by molar-refractivity contribution is -0.141. The molecular weight excluding hydrogens is 348 g/mol. The number of aliphatic carboxylic acids is 1. The molecule has 0 spiro atoms. The molecule has 0 radical (unpaired) electrons. The molecule has 0 saturated heterocycles. The number of rotatable bonds is 6. The highest BCUT2D eigenvalue weighted by molar-refractivity contribution is 9.10. The van der Waals surface area contributed by atoms with E-state index in [0.717, 1.165) is 10.0 Å². The van der Waals surface area contributed by atoms with Crippen LogP contribution in [-0.2, 0) is 18.3 Å². The molecule has 6 heteroatoms. The monoisotopic (exact) mass is 364 g/mol. The van der Waals surface area contributed by atoms with Crippen molar-refractivity contribution in [1.29, 1.82) is 0 Å². The average Bonchev–Trinajstić information content (AvgIpc) is 2.82. The van der Waals surface area contributed by atoms with E-state index in [9.17, 15) is 14.7 Å². The molecule has 5 nitrogen and oxygen atoms in total. The van der Waals surface area contributed by atoms with Gasteiger partial charge in [-0.1, -0.05) is 30.3 Å². The fourth-order valence-electron chi connectivity index (χ4n) is 2.20. The Bertz CT molecular complexity index is 667. The first-order valence-electron chi connectivity index (χ1n) is 6.84. The lowest BCUT2D eigenvalue weighted by Gasteiger charge is -2.13. The number of halogens is 1. The molecule has 1 aromatic carbocycles. The van der Waals surface area contributed by atoms with E-state index < -0.39 is 11.9 Å². The summed E-state index contributed by atoms with van der Waals surface area (Å²) in [7, 11) is 1.76. The number of aromatic nitrogens is 1. The Balaban J connectivity index is 1.99. The Labute approximate surface area is 137 Å². The molecule has 1 unspecified atom stereocenters. The quantitative estimate of drug-likeness (QED) is 0.826. The smallest absolute Gasteiger partial charge is 0.308 e. The van der Waals surface area contributed by atoms with E-state index in [-0.39, 0.29) is 12.5 Å². The lowest BCUT2D eigenvalue weighted by atomic mass is 9.99. The van der Waals surface area contributed by atoms with Gasteiger partial charge in [-0.2, -0.15) is 0 Å². The van der Waals surface area contributed by atoms with Gasteiger partial charge in [0.2, 0.25) is 0 Å². The fraction of sp³-hybridized carbons (Fsp3) is 0.250. The molecule has 0 aliphatic rings. The lowest BCUT2D eigenvalue weighted by Crippen LogP contribution is -2.34. The third-order valence-electron chi connectivity index (χ3n) is 3.39. The number of aryl methyl sites for hydroxylation is 1. The molecule has 1 amide bonds. The third kappa shape index (κ3) is 4.21. The van der Waals surface area contributed by atoms with Crippen LogP contribution >= 0.6 is 15.9 Å². The Hall–Kier alpha value is -2.08. The number of carbonyl (C=O) groups is 2. The maximum atomic E-state index is 12.1. The summed E-state index contributed by atoms with van der Waals surface area (Å²) in [6, 6.07) is 11.1. The molecule has 0 saturated carbocycles. The van der Waals surface area contributed by atoms with Gasteiger partial charge in [-0.3, -0.25) is 9.59 Å². The van der Waals surface area contributed by atoms with E-state index in [1.54, 1.807) is 23.9 Å². The molecule has 1 atom stereocenters. The first kappa shape index (κ1) is 16.3. The van der Waals surface area contributed by atoms with Crippen LogP contribution in [0.5, 0.6) is 0 Å². The van der Waals surface area contributed by atoms with Crippen molar-refractivity contribution in [2.75, 3.05) is 6.54 Å². The molecule has 116 valence electrons. The number of carboxylic acids is 1. The molecule has 22 heavy (non-hydrogen) atoms. The second-order valence-electron chi connectivity index (χ2n) is 5.09. The first-order chi connectivity index (χ1) is 10.5. The zero-order valence-corrected chi connectivity index (χ0v) is 13.7. The number of amides is 1. The normalized spacial score (nSPS) is 11.9. The summed E-state index contributed by atoms with van der Waals surface area (Å²) in [5.41, 5.74) is 1.42. The van der Waals surface area contributed by atoms with E-state index >= 15 is 0 Å². The van der Waals surface area contributed by atoms with Crippen LogP contribution in [0.1, 0.15) is 16.1 Å². The van der Waals surface area contributed by atoms with E-state index in [2.05, 4.69) is 21.2 Å². The van der Waals surface area contributed by atoms with Crippen molar-refractivity contribution >= 4 is 27.8 Å². The highest BCUT2D eigenvalue weighted by Crippen LogP contribution is 2.14. The molecule has 1 heterocycles. The van der Waals surface area contributed by atoms with Gasteiger partial charge in [0.15, 0.2) is 0 Å². The van der Waals surface area contributed by atoms with Crippen molar-refractivity contribution in [1.82, 2.24) is 9.88 Å². The van der Waals surface area contributed by atoms with E-state index in [0.29, 0.717) is 12.1 Å². The maximum Gasteiger partial charge on any atom is 0.308 e. The van der Waals surface area contributed by atoms with Crippen LogP contribution in [0, 0.1) is 5.92 Å². The van der Waals surface area contributed by atoms with Crippen molar-refractivity contribution in [2.45, 2.75) is 6.42 Å². The molecule has 1 aromatic heterocycles. The van der Waals surface area contributed by atoms with Crippen LogP contribution in [-0.4, -0.2) is 28.1 Å². The zero-order chi connectivity index (χ0) is 16.1. The molecule has 2 rings (SSSR count). The fourth-order valence-corrected chi connectivity index (χ4v) is 2.73. The van der Waals surface area contributed by atoms with Gasteiger partial charge in [0.05, 0.1) is 5.92 Å². The minimum absolute atomic E-state index is 0.0891. The van der Waals surface area contributed by atoms with Crippen molar-refractivity contribution in [3.63, 3.8) is 0 Å². The third-order valence-corrected chi connectivity index (χ3v) is 3.82. The first-order valence-corrected chi connectivity index (χ1v) is 7.63. The van der Waals surface area contributed by atoms with Gasteiger partial charge in [0.1, 0.15) is 5.69 Å². The van der Waals surface area contributed by atoms with Gasteiger partial charge in [-0.25, -0.2) is 0 Å². The summed E-state index contributed by atoms with van der Waals surface area (Å²) in [5, 5.41) is 12.0. The van der Waals surface area contributed by atoms with Gasteiger partial charge in [0.25, 0.3) is 5.91 Å². The Kier molecular flexibility index (Phi) is 5.38. The molecule has 0 bridgehead atoms. The van der Waals surface area contributed by atoms with Gasteiger partial charge in [-0.15, -0.1) is 0 Å². The second-order valence-corrected chi connectivity index (χ2v) is 6.01. The SMILES string of the molecule is Cn1cc(Br)cc1C(=O)NCC(Cc1ccccc1)C(=O)O. The van der Waals surface area contributed by atoms with E-state index in [1.807, 2.05) is 30.3 Å². The van der Waals surface area contributed by atoms with Crippen molar-refractivity contribution < 1.29 is 14.7 Å². The maximum absolute atomic E-state index is 12.1. The number of nitrogens with zero attached hydrogens (tertiary/aromatic N) is 1. The summed E-state index contributed by atoms with van der Waals surface area (Å²) in [5.74, 6) is -1.86. The van der Waals surface area contributed by atoms with Crippen molar-refractivity contribution in [2.24, 2.45) is 13.0 Å². The predicted octanol–water partition coefficient (Wildman–Crippen LogP) is 2.46. The molecule has 0 aliphatic carbocycles. The zero-order valence-electron chi connectivity index (χ0n) is 12.1. The number of carbonyl (C=O) groups excluding carboxylic acids is 1. The number of carboxylic acid groups (broad SMARTS) is 1. The molecule has 2 N–H and O–H groups in total.